The Labute approximate surface area is 568 Å². The molecule has 2 aliphatic rings. The minimum Gasteiger partial charge on any atom is -0.446 e. The van der Waals surface area contributed by atoms with E-state index in [0.717, 1.165) is 32.1 Å². The highest BCUT2D eigenvalue weighted by atomic mass is 16.7. The van der Waals surface area contributed by atoms with Gasteiger partial charge >= 0.3 is 12.1 Å². The van der Waals surface area contributed by atoms with Crippen molar-refractivity contribution in [3.63, 3.8) is 0 Å². The highest BCUT2D eigenvalue weighted by molar-refractivity contribution is 6.01. The van der Waals surface area contributed by atoms with Crippen molar-refractivity contribution in [3.8, 4) is 0 Å². The summed E-state index contributed by atoms with van der Waals surface area (Å²) >= 11 is 0. The van der Waals surface area contributed by atoms with E-state index in [1.807, 2.05) is 0 Å². The van der Waals surface area contributed by atoms with Crippen LogP contribution in [0.4, 0.5) is 4.79 Å². The zero-order chi connectivity index (χ0) is 68.3. The zero-order valence-corrected chi connectivity index (χ0v) is 57.2. The Morgan fingerprint density at radius 2 is 0.521 bits per heavy atom. The van der Waals surface area contributed by atoms with Gasteiger partial charge in [0.2, 0.25) is 0 Å². The fourth-order valence-corrected chi connectivity index (χ4v) is 7.78. The lowest BCUT2D eigenvalue weighted by Crippen LogP contribution is -2.32. The van der Waals surface area contributed by atoms with Crippen molar-refractivity contribution in [1.82, 2.24) is 10.4 Å². The first-order valence-electron chi connectivity index (χ1n) is 34.1. The summed E-state index contributed by atoms with van der Waals surface area (Å²) in [4.78, 5) is 51.3. The standard InChI is InChI=1S/C64H118N2O30/c67-61-8-9-62(68)66(61)96-63(69)10-12-71-14-16-73-18-20-75-22-24-77-26-28-79-30-32-81-34-36-83-38-40-85-42-44-87-46-48-89-50-52-91-54-56-93-58-59-94-57-55-92-53-51-90-49-47-88-45-43-86-41-39-84-37-35-82-33-31-80-29-27-78-25-23-76-21-19-74-17-15-72-13-11-65-64(70)95-60-6-4-2-1-3-5-7-60/h1-2,60H,3-59H2,(H,65,70)/b2-1+. The minimum absolute atomic E-state index is 0.0194. The molecule has 0 aromatic rings. The van der Waals surface area contributed by atoms with Gasteiger partial charge in [0.25, 0.3) is 11.8 Å². The summed E-state index contributed by atoms with van der Waals surface area (Å²) in [6, 6.07) is 0. The van der Waals surface area contributed by atoms with E-state index in [4.69, 9.17) is 123 Å². The van der Waals surface area contributed by atoms with E-state index in [1.54, 1.807) is 0 Å². The molecule has 32 heteroatoms. The lowest BCUT2D eigenvalue weighted by Gasteiger charge is -2.18. The maximum absolute atomic E-state index is 12.0. The predicted octanol–water partition coefficient (Wildman–Crippen LogP) is 2.00. The van der Waals surface area contributed by atoms with E-state index < -0.39 is 17.8 Å². The van der Waals surface area contributed by atoms with Crippen LogP contribution in [0.25, 0.3) is 0 Å². The van der Waals surface area contributed by atoms with Crippen LogP contribution in [0.2, 0.25) is 0 Å². The van der Waals surface area contributed by atoms with Gasteiger partial charge < -0.3 is 129 Å². The SMILES string of the molecule is O=C(CCOCCOCCOCCOCCOCCOCCOCCOCCOCCOCCOCCOCCOCCOCCOCCOCCOCCOCCOCCOCCOCCOCCOCCOCCNC(=O)OC1CC/C=C/CCC1)ON1C(=O)CCC1=O. The van der Waals surface area contributed by atoms with Gasteiger partial charge in [-0.05, 0) is 32.1 Å². The van der Waals surface area contributed by atoms with Crippen molar-refractivity contribution in [1.29, 1.82) is 0 Å². The summed E-state index contributed by atoms with van der Waals surface area (Å²) in [7, 11) is 0. The number of hydrogen-bond acceptors (Lipinski definition) is 30. The summed E-state index contributed by atoms with van der Waals surface area (Å²) in [5, 5.41) is 3.26. The third-order valence-corrected chi connectivity index (χ3v) is 12.7. The van der Waals surface area contributed by atoms with Crippen molar-refractivity contribution in [2.24, 2.45) is 0 Å². The maximum Gasteiger partial charge on any atom is 0.407 e. The summed E-state index contributed by atoms with van der Waals surface area (Å²) < 4.78 is 138. The van der Waals surface area contributed by atoms with Gasteiger partial charge in [0.15, 0.2) is 0 Å². The number of rotatable bonds is 77. The maximum atomic E-state index is 12.0. The van der Waals surface area contributed by atoms with Gasteiger partial charge in [0.1, 0.15) is 6.10 Å². The second-order valence-electron chi connectivity index (χ2n) is 20.4. The molecule has 1 saturated heterocycles. The number of alkyl carbamates (subject to hydrolysis) is 1. The molecule has 0 spiro atoms. The van der Waals surface area contributed by atoms with Crippen molar-refractivity contribution in [2.75, 3.05) is 324 Å². The molecule has 1 aliphatic carbocycles. The Hall–Kier alpha value is -3.34. The van der Waals surface area contributed by atoms with Gasteiger partial charge in [-0.15, -0.1) is 5.06 Å². The Kier molecular flexibility index (Phi) is 68.7. The number of allylic oxidation sites excluding steroid dienone is 2. The smallest absolute Gasteiger partial charge is 0.407 e. The van der Waals surface area contributed by atoms with E-state index in [0.29, 0.717) is 316 Å². The summed E-state index contributed by atoms with van der Waals surface area (Å²) in [6.45, 7) is 21.9. The fourth-order valence-electron chi connectivity index (χ4n) is 7.78. The number of carbonyl (C=O) groups is 4. The van der Waals surface area contributed by atoms with Crippen LogP contribution in [0, 0.1) is 0 Å². The lowest BCUT2D eigenvalue weighted by molar-refractivity contribution is -0.198. The summed E-state index contributed by atoms with van der Waals surface area (Å²) in [5.41, 5.74) is 0. The van der Waals surface area contributed by atoms with Crippen LogP contribution in [-0.2, 0) is 138 Å². The number of imide groups is 1. The van der Waals surface area contributed by atoms with Crippen molar-refractivity contribution in [2.45, 2.75) is 57.5 Å². The monoisotopic (exact) mass is 1390 g/mol. The van der Waals surface area contributed by atoms with Crippen LogP contribution in [0.3, 0.4) is 0 Å². The third-order valence-electron chi connectivity index (χ3n) is 12.7. The van der Waals surface area contributed by atoms with Crippen molar-refractivity contribution >= 4 is 23.9 Å². The summed E-state index contributed by atoms with van der Waals surface area (Å²) in [6.07, 6.45) is 8.75. The molecule has 32 nitrogen and oxygen atoms in total. The average molecular weight is 1400 g/mol. The van der Waals surface area contributed by atoms with Crippen LogP contribution in [0.5, 0.6) is 0 Å². The van der Waals surface area contributed by atoms with Crippen molar-refractivity contribution in [3.05, 3.63) is 12.2 Å². The van der Waals surface area contributed by atoms with Gasteiger partial charge in [-0.3, -0.25) is 9.59 Å². The highest BCUT2D eigenvalue weighted by Crippen LogP contribution is 2.16. The first kappa shape index (κ1) is 88.7. The number of hydrogen-bond donors (Lipinski definition) is 1. The Balaban J connectivity index is 1.09. The number of hydroxylamine groups is 2. The quantitative estimate of drug-likeness (QED) is 0.0517. The molecule has 1 atom stereocenters. The molecule has 0 aromatic carbocycles. The Morgan fingerprint density at radius 3 is 0.771 bits per heavy atom. The lowest BCUT2D eigenvalue weighted by atomic mass is 10.0. The van der Waals surface area contributed by atoms with Crippen LogP contribution < -0.4 is 5.32 Å². The molecule has 0 aromatic heterocycles. The molecule has 1 aliphatic heterocycles. The third kappa shape index (κ3) is 65.3. The predicted molar refractivity (Wildman–Crippen MR) is 342 cm³/mol. The number of amides is 3. The van der Waals surface area contributed by atoms with Gasteiger partial charge in [-0.1, -0.05) is 12.2 Å². The molecule has 1 fully saturated rings. The van der Waals surface area contributed by atoms with Crippen molar-refractivity contribution < 1.29 is 142 Å². The zero-order valence-electron chi connectivity index (χ0n) is 57.2. The topological polar surface area (TPSA) is 324 Å². The Bertz CT molecular complexity index is 1700. The first-order chi connectivity index (χ1) is 47.6. The van der Waals surface area contributed by atoms with Crippen LogP contribution in [0.1, 0.15) is 51.4 Å². The van der Waals surface area contributed by atoms with Crippen LogP contribution in [0.15, 0.2) is 12.2 Å². The van der Waals surface area contributed by atoms with E-state index in [2.05, 4.69) is 17.5 Å². The molecule has 0 bridgehead atoms. The largest absolute Gasteiger partial charge is 0.446 e. The van der Waals surface area contributed by atoms with Gasteiger partial charge in [-0.2, -0.15) is 0 Å². The van der Waals surface area contributed by atoms with Gasteiger partial charge in [-0.25, -0.2) is 9.59 Å². The number of carbonyl (C=O) groups excluding carboxylic acids is 4. The second-order valence-corrected chi connectivity index (χ2v) is 20.4. The molecule has 96 heavy (non-hydrogen) atoms. The molecule has 564 valence electrons. The van der Waals surface area contributed by atoms with E-state index >= 15 is 0 Å². The number of nitrogens with zero attached hydrogens (tertiary/aromatic N) is 1. The van der Waals surface area contributed by atoms with Gasteiger partial charge in [0, 0.05) is 19.4 Å². The molecule has 1 heterocycles. The molecule has 1 unspecified atom stereocenters. The highest BCUT2D eigenvalue weighted by Gasteiger charge is 2.32. The molecule has 0 saturated carbocycles. The molecule has 3 amide bonds. The average Bonchev–Trinajstić information content (AvgIpc) is 1.86. The number of ether oxygens (including phenoxy) is 25. The van der Waals surface area contributed by atoms with E-state index in [9.17, 15) is 19.2 Å². The van der Waals surface area contributed by atoms with E-state index in [1.165, 1.54) is 0 Å². The molecular weight excluding hydrogens is 1280 g/mol. The molecule has 0 radical (unpaired) electrons. The number of nitrogens with one attached hydrogen (secondary N) is 1. The first-order valence-corrected chi connectivity index (χ1v) is 34.1. The molecular formula is C64H118N2O30. The molecule has 2 rings (SSSR count). The molecule has 1 N–H and O–H groups in total. The van der Waals surface area contributed by atoms with Gasteiger partial charge in [0.05, 0.1) is 324 Å². The Morgan fingerprint density at radius 1 is 0.302 bits per heavy atom. The minimum atomic E-state index is -0.706. The van der Waals surface area contributed by atoms with Crippen LogP contribution >= 0.6 is 0 Å². The normalized spacial score (nSPS) is 14.6. The van der Waals surface area contributed by atoms with Crippen LogP contribution in [-0.4, -0.2) is 359 Å². The fraction of sp³-hybridized carbons (Fsp3) is 0.906. The van der Waals surface area contributed by atoms with E-state index in [-0.39, 0.29) is 44.7 Å². The second kappa shape index (κ2) is 74.4. The summed E-state index contributed by atoms with van der Waals surface area (Å²) in [5.74, 6) is -1.74.